The first-order valence-electron chi connectivity index (χ1n) is 10.3. The lowest BCUT2D eigenvalue weighted by atomic mass is 9.68. The molecule has 142 valence electrons. The van der Waals surface area contributed by atoms with Gasteiger partial charge < -0.3 is 5.11 Å². The predicted molar refractivity (Wildman–Crippen MR) is 103 cm³/mol. The van der Waals surface area contributed by atoms with E-state index in [9.17, 15) is 9.18 Å². The molecule has 0 amide bonds. The molecule has 0 heterocycles. The summed E-state index contributed by atoms with van der Waals surface area (Å²) in [7, 11) is 0. The van der Waals surface area contributed by atoms with Gasteiger partial charge in [0, 0.05) is 6.42 Å². The van der Waals surface area contributed by atoms with Crippen LogP contribution in [0.3, 0.4) is 0 Å². The molecule has 0 aromatic heterocycles. The van der Waals surface area contributed by atoms with Gasteiger partial charge in [0.25, 0.3) is 0 Å². The van der Waals surface area contributed by atoms with E-state index in [0.29, 0.717) is 18.3 Å². The van der Waals surface area contributed by atoms with Gasteiger partial charge in [-0.05, 0) is 99.2 Å². The summed E-state index contributed by atoms with van der Waals surface area (Å²) in [5, 5.41) is 8.68. The number of aliphatic carboxylic acids is 1. The van der Waals surface area contributed by atoms with E-state index in [1.165, 1.54) is 56.9 Å². The third-order valence-electron chi connectivity index (χ3n) is 6.53. The molecule has 1 N–H and O–H groups in total. The van der Waals surface area contributed by atoms with Crippen molar-refractivity contribution in [2.75, 3.05) is 0 Å². The average Bonchev–Trinajstić information content (AvgIpc) is 2.66. The van der Waals surface area contributed by atoms with Gasteiger partial charge in [0.15, 0.2) is 0 Å². The van der Waals surface area contributed by atoms with Gasteiger partial charge >= 0.3 is 5.97 Å². The number of carboxylic acids is 1. The summed E-state index contributed by atoms with van der Waals surface area (Å²) in [6, 6.07) is 7.10. The fourth-order valence-corrected chi connectivity index (χ4v) is 4.96. The molecule has 2 saturated carbocycles. The molecular formula is C23H31FO2. The molecule has 0 bridgehead atoms. The van der Waals surface area contributed by atoms with Gasteiger partial charge in [0.1, 0.15) is 5.82 Å². The lowest BCUT2D eigenvalue weighted by Gasteiger charge is -2.37. The number of benzene rings is 1. The molecule has 1 aromatic rings. The minimum absolute atomic E-state index is 0.142. The molecule has 3 heteroatoms. The zero-order valence-electron chi connectivity index (χ0n) is 15.6. The van der Waals surface area contributed by atoms with Crippen LogP contribution in [0, 0.1) is 23.6 Å². The van der Waals surface area contributed by atoms with E-state index in [4.69, 9.17) is 5.11 Å². The summed E-state index contributed by atoms with van der Waals surface area (Å²) in [4.78, 5) is 10.5. The maximum absolute atomic E-state index is 13.1. The average molecular weight is 358 g/mol. The Morgan fingerprint density at radius 1 is 0.962 bits per heavy atom. The number of allylic oxidation sites excluding steroid dienone is 2. The summed E-state index contributed by atoms with van der Waals surface area (Å²) in [6.07, 6.45) is 15.5. The number of rotatable bonds is 6. The van der Waals surface area contributed by atoms with Crippen LogP contribution in [0.1, 0.15) is 75.7 Å². The van der Waals surface area contributed by atoms with Crippen molar-refractivity contribution >= 4 is 5.97 Å². The Bertz CT molecular complexity index is 591. The zero-order valence-corrected chi connectivity index (χ0v) is 15.6. The summed E-state index contributed by atoms with van der Waals surface area (Å²) in [5.41, 5.74) is 1.31. The van der Waals surface area contributed by atoms with Crippen LogP contribution < -0.4 is 0 Å². The largest absolute Gasteiger partial charge is 0.481 e. The quantitative estimate of drug-likeness (QED) is 0.604. The van der Waals surface area contributed by atoms with E-state index in [0.717, 1.165) is 11.8 Å². The molecule has 26 heavy (non-hydrogen) atoms. The van der Waals surface area contributed by atoms with Crippen LogP contribution in [-0.4, -0.2) is 11.1 Å². The fraction of sp³-hybridized carbons (Fsp3) is 0.609. The Morgan fingerprint density at radius 2 is 1.54 bits per heavy atom. The van der Waals surface area contributed by atoms with Crippen molar-refractivity contribution in [3.8, 4) is 0 Å². The van der Waals surface area contributed by atoms with Crippen LogP contribution in [0.2, 0.25) is 0 Å². The molecule has 2 aliphatic rings. The van der Waals surface area contributed by atoms with Crippen molar-refractivity contribution in [3.63, 3.8) is 0 Å². The SMILES string of the molecule is O=C(O)CCC=C[C@H]1CC[C@H]([C@H]2CC[C@H](c3ccc(F)cc3)CC2)CC1. The van der Waals surface area contributed by atoms with Crippen molar-refractivity contribution in [1.29, 1.82) is 0 Å². The Labute approximate surface area is 156 Å². The highest BCUT2D eigenvalue weighted by molar-refractivity contribution is 5.66. The van der Waals surface area contributed by atoms with Gasteiger partial charge in [-0.25, -0.2) is 4.39 Å². The molecule has 2 fully saturated rings. The molecule has 2 nitrogen and oxygen atoms in total. The van der Waals surface area contributed by atoms with Gasteiger partial charge in [-0.2, -0.15) is 0 Å². The molecule has 0 saturated heterocycles. The lowest BCUT2D eigenvalue weighted by molar-refractivity contribution is -0.136. The Balaban J connectivity index is 1.39. The minimum Gasteiger partial charge on any atom is -0.481 e. The standard InChI is InChI=1S/C23H31FO2/c24-22-15-13-21(14-16-22)20-11-9-19(10-12-20)18-7-5-17(6-8-18)3-1-2-4-23(25)26/h1,3,13-20H,2,4-12H2,(H,25,26)/t17-,18-,19-,20-. The summed E-state index contributed by atoms with van der Waals surface area (Å²) < 4.78 is 13.1. The second kappa shape index (κ2) is 9.34. The van der Waals surface area contributed by atoms with Crippen LogP contribution in [-0.2, 0) is 4.79 Å². The highest BCUT2D eigenvalue weighted by atomic mass is 19.1. The van der Waals surface area contributed by atoms with Crippen LogP contribution in [0.25, 0.3) is 0 Å². The molecule has 2 aliphatic carbocycles. The maximum Gasteiger partial charge on any atom is 0.303 e. The van der Waals surface area contributed by atoms with Crippen molar-refractivity contribution < 1.29 is 14.3 Å². The molecule has 0 aliphatic heterocycles. The molecule has 1 aromatic carbocycles. The van der Waals surface area contributed by atoms with E-state index in [1.54, 1.807) is 12.1 Å². The molecule has 0 spiro atoms. The van der Waals surface area contributed by atoms with Crippen molar-refractivity contribution in [3.05, 3.63) is 47.8 Å². The second-order valence-corrected chi connectivity index (χ2v) is 8.20. The topological polar surface area (TPSA) is 37.3 Å². The maximum atomic E-state index is 13.1. The number of hydrogen-bond donors (Lipinski definition) is 1. The van der Waals surface area contributed by atoms with Gasteiger partial charge in [-0.1, -0.05) is 24.3 Å². The monoisotopic (exact) mass is 358 g/mol. The van der Waals surface area contributed by atoms with Gasteiger partial charge in [-0.15, -0.1) is 0 Å². The van der Waals surface area contributed by atoms with Crippen LogP contribution in [0.4, 0.5) is 4.39 Å². The first-order chi connectivity index (χ1) is 12.6. The zero-order chi connectivity index (χ0) is 18.4. The number of halogens is 1. The smallest absolute Gasteiger partial charge is 0.303 e. The van der Waals surface area contributed by atoms with Crippen LogP contribution in [0.15, 0.2) is 36.4 Å². The Hall–Kier alpha value is -1.64. The third kappa shape index (κ3) is 5.43. The number of carbonyl (C=O) groups is 1. The first-order valence-corrected chi connectivity index (χ1v) is 10.3. The normalized spacial score (nSPS) is 29.7. The van der Waals surface area contributed by atoms with Gasteiger partial charge in [0.05, 0.1) is 0 Å². The van der Waals surface area contributed by atoms with Crippen molar-refractivity contribution in [2.45, 2.75) is 70.1 Å². The Morgan fingerprint density at radius 3 is 2.12 bits per heavy atom. The van der Waals surface area contributed by atoms with Crippen molar-refractivity contribution in [2.24, 2.45) is 17.8 Å². The predicted octanol–water partition coefficient (Wildman–Crippen LogP) is 6.33. The molecule has 0 unspecified atom stereocenters. The van der Waals surface area contributed by atoms with Crippen molar-refractivity contribution in [1.82, 2.24) is 0 Å². The number of carboxylic acid groups (broad SMARTS) is 1. The van der Waals surface area contributed by atoms with Gasteiger partial charge in [-0.3, -0.25) is 4.79 Å². The van der Waals surface area contributed by atoms with Gasteiger partial charge in [0.2, 0.25) is 0 Å². The fourth-order valence-electron chi connectivity index (χ4n) is 4.96. The minimum atomic E-state index is -0.713. The van der Waals surface area contributed by atoms with E-state index in [-0.39, 0.29) is 12.2 Å². The summed E-state index contributed by atoms with van der Waals surface area (Å²) in [6.45, 7) is 0. The third-order valence-corrected chi connectivity index (χ3v) is 6.53. The highest BCUT2D eigenvalue weighted by Gasteiger charge is 2.30. The molecule has 0 radical (unpaired) electrons. The molecular weight excluding hydrogens is 327 g/mol. The molecule has 3 rings (SSSR count). The second-order valence-electron chi connectivity index (χ2n) is 8.20. The Kier molecular flexibility index (Phi) is 6.87. The van der Waals surface area contributed by atoms with E-state index in [2.05, 4.69) is 12.2 Å². The van der Waals surface area contributed by atoms with Crippen LogP contribution in [0.5, 0.6) is 0 Å². The summed E-state index contributed by atoms with van der Waals surface area (Å²) in [5.74, 6) is 2.14. The number of hydrogen-bond acceptors (Lipinski definition) is 1. The first kappa shape index (κ1) is 19.1. The highest BCUT2D eigenvalue weighted by Crippen LogP contribution is 2.44. The van der Waals surface area contributed by atoms with E-state index < -0.39 is 5.97 Å². The van der Waals surface area contributed by atoms with E-state index in [1.807, 2.05) is 12.1 Å². The lowest BCUT2D eigenvalue weighted by Crippen LogP contribution is -2.25. The molecule has 0 atom stereocenters. The van der Waals surface area contributed by atoms with Crippen LogP contribution >= 0.6 is 0 Å². The van der Waals surface area contributed by atoms with E-state index >= 15 is 0 Å². The summed E-state index contributed by atoms with van der Waals surface area (Å²) >= 11 is 0.